The molecule has 0 aliphatic rings. The average molecular weight is 369 g/mol. The van der Waals surface area contributed by atoms with E-state index in [0.717, 1.165) is 15.8 Å². The molecule has 2 aromatic carbocycles. The molecule has 1 atom stereocenters. The van der Waals surface area contributed by atoms with E-state index in [-0.39, 0.29) is 5.91 Å². The molecule has 0 bridgehead atoms. The van der Waals surface area contributed by atoms with Gasteiger partial charge in [-0.15, -0.1) is 0 Å². The summed E-state index contributed by atoms with van der Waals surface area (Å²) >= 11 is 5.92. The molecule has 6 nitrogen and oxygen atoms in total. The monoisotopic (exact) mass is 368 g/mol. The average Bonchev–Trinajstić information content (AvgIpc) is 2.64. The standard InChI is InChI=1S/C19H17ClN4O2/c1-12-10-15(20)8-9-16(12)22-18(25)13(2)24-19(26)23-17(11-21-24)14-6-4-3-5-7-14/h3-11,13H,1-2H3,(H,22,25)/t13-/m0/s1. The van der Waals surface area contributed by atoms with Crippen molar-refractivity contribution < 1.29 is 4.79 Å². The number of amides is 1. The Bertz CT molecular complexity index is 1000. The molecule has 1 N–H and O–H groups in total. The van der Waals surface area contributed by atoms with E-state index in [9.17, 15) is 9.59 Å². The molecule has 0 spiro atoms. The lowest BCUT2D eigenvalue weighted by molar-refractivity contribution is -0.119. The zero-order valence-corrected chi connectivity index (χ0v) is 15.1. The maximum Gasteiger partial charge on any atom is 0.365 e. The predicted octanol–water partition coefficient (Wildman–Crippen LogP) is 3.47. The van der Waals surface area contributed by atoms with Crippen molar-refractivity contribution in [1.29, 1.82) is 0 Å². The van der Waals surface area contributed by atoms with E-state index in [1.165, 1.54) is 6.20 Å². The van der Waals surface area contributed by atoms with Crippen LogP contribution >= 0.6 is 11.6 Å². The normalized spacial score (nSPS) is 11.8. The van der Waals surface area contributed by atoms with Gasteiger partial charge in [-0.25, -0.2) is 9.48 Å². The van der Waals surface area contributed by atoms with E-state index in [2.05, 4.69) is 15.4 Å². The number of hydrogen-bond donors (Lipinski definition) is 1. The van der Waals surface area contributed by atoms with Gasteiger partial charge < -0.3 is 5.32 Å². The molecule has 0 fully saturated rings. The van der Waals surface area contributed by atoms with Gasteiger partial charge in [0.1, 0.15) is 6.04 Å². The lowest BCUT2D eigenvalue weighted by atomic mass is 10.2. The van der Waals surface area contributed by atoms with Gasteiger partial charge in [-0.3, -0.25) is 4.79 Å². The molecule has 26 heavy (non-hydrogen) atoms. The highest BCUT2D eigenvalue weighted by atomic mass is 35.5. The number of nitrogens with zero attached hydrogens (tertiary/aromatic N) is 3. The third-order valence-corrected chi connectivity index (χ3v) is 4.21. The van der Waals surface area contributed by atoms with Crippen molar-refractivity contribution in [2.45, 2.75) is 19.9 Å². The molecular weight excluding hydrogens is 352 g/mol. The first kappa shape index (κ1) is 17.8. The summed E-state index contributed by atoms with van der Waals surface area (Å²) in [5.74, 6) is -0.362. The maximum absolute atomic E-state index is 12.5. The Morgan fingerprint density at radius 3 is 2.58 bits per heavy atom. The molecule has 0 radical (unpaired) electrons. The molecule has 3 aromatic rings. The Balaban J connectivity index is 1.82. The number of aromatic nitrogens is 3. The summed E-state index contributed by atoms with van der Waals surface area (Å²) in [6.45, 7) is 3.44. The number of halogens is 1. The lowest BCUT2D eigenvalue weighted by Crippen LogP contribution is -2.35. The summed E-state index contributed by atoms with van der Waals surface area (Å²) in [4.78, 5) is 28.8. The van der Waals surface area contributed by atoms with Gasteiger partial charge >= 0.3 is 5.69 Å². The number of nitrogens with one attached hydrogen (secondary N) is 1. The molecule has 3 rings (SSSR count). The highest BCUT2D eigenvalue weighted by Crippen LogP contribution is 2.20. The first-order valence-electron chi connectivity index (χ1n) is 8.04. The third kappa shape index (κ3) is 3.81. The van der Waals surface area contributed by atoms with Crippen LogP contribution in [0.15, 0.2) is 59.5 Å². The highest BCUT2D eigenvalue weighted by Gasteiger charge is 2.19. The highest BCUT2D eigenvalue weighted by molar-refractivity contribution is 6.30. The fourth-order valence-electron chi connectivity index (χ4n) is 2.48. The quantitative estimate of drug-likeness (QED) is 0.765. The van der Waals surface area contributed by atoms with Crippen molar-refractivity contribution in [3.63, 3.8) is 0 Å². The van der Waals surface area contributed by atoms with E-state index in [1.807, 2.05) is 37.3 Å². The van der Waals surface area contributed by atoms with Gasteiger partial charge in [0.15, 0.2) is 0 Å². The molecule has 0 saturated heterocycles. The fraction of sp³-hybridized carbons (Fsp3) is 0.158. The van der Waals surface area contributed by atoms with Gasteiger partial charge in [-0.1, -0.05) is 41.9 Å². The minimum absolute atomic E-state index is 0.362. The number of aryl methyl sites for hydroxylation is 1. The Kier molecular flexibility index (Phi) is 5.14. The van der Waals surface area contributed by atoms with Crippen molar-refractivity contribution in [1.82, 2.24) is 14.8 Å². The van der Waals surface area contributed by atoms with Crippen molar-refractivity contribution in [2.75, 3.05) is 5.32 Å². The molecule has 132 valence electrons. The minimum atomic E-state index is -0.810. The van der Waals surface area contributed by atoms with E-state index in [4.69, 9.17) is 11.6 Å². The number of carbonyl (C=O) groups is 1. The molecule has 0 saturated carbocycles. The van der Waals surface area contributed by atoms with Gasteiger partial charge in [0.05, 0.1) is 11.9 Å². The van der Waals surface area contributed by atoms with Crippen molar-refractivity contribution in [3.05, 3.63) is 75.8 Å². The van der Waals surface area contributed by atoms with Crippen LogP contribution in [0.4, 0.5) is 5.69 Å². The zero-order chi connectivity index (χ0) is 18.7. The topological polar surface area (TPSA) is 76.9 Å². The number of carbonyl (C=O) groups excluding carboxylic acids is 1. The molecule has 7 heteroatoms. The van der Waals surface area contributed by atoms with E-state index < -0.39 is 11.7 Å². The fourth-order valence-corrected chi connectivity index (χ4v) is 2.71. The summed E-state index contributed by atoms with van der Waals surface area (Å²) in [7, 11) is 0. The Labute approximate surface area is 155 Å². The van der Waals surface area contributed by atoms with Gasteiger partial charge in [-0.2, -0.15) is 10.1 Å². The van der Waals surface area contributed by atoms with Crippen molar-refractivity contribution in [2.24, 2.45) is 0 Å². The molecule has 0 aliphatic heterocycles. The van der Waals surface area contributed by atoms with Crippen LogP contribution in [0.3, 0.4) is 0 Å². The molecule has 0 aliphatic carbocycles. The van der Waals surface area contributed by atoms with E-state index >= 15 is 0 Å². The summed E-state index contributed by atoms with van der Waals surface area (Å²) in [6.07, 6.45) is 1.48. The van der Waals surface area contributed by atoms with Gasteiger partial charge in [-0.05, 0) is 37.6 Å². The van der Waals surface area contributed by atoms with Crippen LogP contribution in [0.25, 0.3) is 11.3 Å². The first-order valence-corrected chi connectivity index (χ1v) is 8.42. The van der Waals surface area contributed by atoms with Crippen LogP contribution in [0.1, 0.15) is 18.5 Å². The third-order valence-electron chi connectivity index (χ3n) is 3.98. The van der Waals surface area contributed by atoms with Crippen molar-refractivity contribution >= 4 is 23.2 Å². The second-order valence-electron chi connectivity index (χ2n) is 5.86. The lowest BCUT2D eigenvalue weighted by Gasteiger charge is -2.15. The molecule has 1 heterocycles. The smallest absolute Gasteiger partial charge is 0.324 e. The Morgan fingerprint density at radius 2 is 1.92 bits per heavy atom. The van der Waals surface area contributed by atoms with Gasteiger partial charge in [0.2, 0.25) is 5.91 Å². The predicted molar refractivity (Wildman–Crippen MR) is 101 cm³/mol. The van der Waals surface area contributed by atoms with Crippen LogP contribution in [-0.2, 0) is 4.79 Å². The van der Waals surface area contributed by atoms with E-state index in [1.54, 1.807) is 25.1 Å². The summed E-state index contributed by atoms with van der Waals surface area (Å²) < 4.78 is 1.06. The Hall–Kier alpha value is -2.99. The van der Waals surface area contributed by atoms with Crippen LogP contribution in [-0.4, -0.2) is 20.7 Å². The van der Waals surface area contributed by atoms with E-state index in [0.29, 0.717) is 16.4 Å². The maximum atomic E-state index is 12.5. The zero-order valence-electron chi connectivity index (χ0n) is 14.3. The van der Waals surface area contributed by atoms with Crippen LogP contribution in [0, 0.1) is 6.92 Å². The van der Waals surface area contributed by atoms with Crippen LogP contribution < -0.4 is 11.0 Å². The van der Waals surface area contributed by atoms with Gasteiger partial charge in [0.25, 0.3) is 0 Å². The van der Waals surface area contributed by atoms with Crippen LogP contribution in [0.2, 0.25) is 5.02 Å². The molecular formula is C19H17ClN4O2. The number of rotatable bonds is 4. The Morgan fingerprint density at radius 1 is 1.19 bits per heavy atom. The first-order chi connectivity index (χ1) is 12.5. The van der Waals surface area contributed by atoms with Crippen LogP contribution in [0.5, 0.6) is 0 Å². The molecule has 1 amide bonds. The second kappa shape index (κ2) is 7.49. The molecule has 0 unspecified atom stereocenters. The summed E-state index contributed by atoms with van der Waals surface area (Å²) in [5, 5.41) is 7.49. The van der Waals surface area contributed by atoms with Crippen molar-refractivity contribution in [3.8, 4) is 11.3 Å². The minimum Gasteiger partial charge on any atom is -0.324 e. The number of benzene rings is 2. The second-order valence-corrected chi connectivity index (χ2v) is 6.30. The SMILES string of the molecule is Cc1cc(Cl)ccc1NC(=O)[C@H](C)n1ncc(-c2ccccc2)nc1=O. The summed E-state index contributed by atoms with van der Waals surface area (Å²) in [5.41, 5.74) is 2.14. The number of hydrogen-bond acceptors (Lipinski definition) is 4. The van der Waals surface area contributed by atoms with Gasteiger partial charge in [0, 0.05) is 16.3 Å². The summed E-state index contributed by atoms with van der Waals surface area (Å²) in [6, 6.07) is 13.6. The number of anilines is 1. The molecule has 1 aromatic heterocycles. The largest absolute Gasteiger partial charge is 0.365 e.